The van der Waals surface area contributed by atoms with Crippen LogP contribution >= 0.6 is 0 Å². The molecular formula is C26H29N3O7. The van der Waals surface area contributed by atoms with E-state index in [0.717, 1.165) is 19.6 Å². The molecule has 0 spiro atoms. The Bertz CT molecular complexity index is 1190. The van der Waals surface area contributed by atoms with Gasteiger partial charge < -0.3 is 24.4 Å². The second-order valence-electron chi connectivity index (χ2n) is 8.97. The summed E-state index contributed by atoms with van der Waals surface area (Å²) in [5.41, 5.74) is 1.15. The first-order valence-electron chi connectivity index (χ1n) is 11.9. The van der Waals surface area contributed by atoms with Crippen molar-refractivity contribution in [2.75, 3.05) is 46.5 Å². The summed E-state index contributed by atoms with van der Waals surface area (Å²) in [7, 11) is 1.52. The number of amides is 1. The molecule has 2 fully saturated rings. The van der Waals surface area contributed by atoms with Gasteiger partial charge in [0.15, 0.2) is 0 Å². The summed E-state index contributed by atoms with van der Waals surface area (Å²) in [4.78, 5) is 39.7. The highest BCUT2D eigenvalue weighted by Crippen LogP contribution is 2.39. The summed E-state index contributed by atoms with van der Waals surface area (Å²) in [6.07, 6.45) is 0.640. The Morgan fingerprint density at radius 2 is 1.86 bits per heavy atom. The minimum Gasteiger partial charge on any atom is -0.872 e. The number of hydrogen-bond acceptors (Lipinski definition) is 7. The van der Waals surface area contributed by atoms with Gasteiger partial charge in [-0.1, -0.05) is 11.8 Å². The molecule has 0 aliphatic carbocycles. The summed E-state index contributed by atoms with van der Waals surface area (Å²) in [5, 5.41) is 24.8. The first-order valence-corrected chi connectivity index (χ1v) is 11.9. The summed E-state index contributed by atoms with van der Waals surface area (Å²) in [5.74, 6) is -1.53. The van der Waals surface area contributed by atoms with Crippen molar-refractivity contribution in [3.8, 4) is 5.75 Å². The van der Waals surface area contributed by atoms with Crippen LogP contribution in [-0.2, 0) is 14.3 Å². The van der Waals surface area contributed by atoms with E-state index in [1.807, 2.05) is 0 Å². The molecule has 0 bridgehead atoms. The van der Waals surface area contributed by atoms with Crippen LogP contribution in [-0.4, -0.2) is 68.0 Å². The van der Waals surface area contributed by atoms with Gasteiger partial charge in [0.05, 0.1) is 37.8 Å². The maximum atomic E-state index is 13.6. The van der Waals surface area contributed by atoms with Gasteiger partial charge in [-0.15, -0.1) is 0 Å². The molecule has 1 amide bonds. The van der Waals surface area contributed by atoms with Crippen LogP contribution in [0, 0.1) is 17.0 Å². The van der Waals surface area contributed by atoms with E-state index in [4.69, 9.17) is 9.47 Å². The minimum absolute atomic E-state index is 0.115. The number of nitro benzene ring substituents is 1. The lowest BCUT2D eigenvalue weighted by molar-refractivity contribution is -0.908. The van der Waals surface area contributed by atoms with Crippen LogP contribution in [0.1, 0.15) is 29.2 Å². The standard InChI is InChI=1S/C26H29N3O7/c1-17-16-20(35-2)8-9-21(17)24(30)22-23(18-4-6-19(7-5-18)29(33)34)28(26(32)25(22)31)11-3-10-27-12-14-36-15-13-27/h4-9,16,23,30H,3,10-15H2,1-2H3/b24-22+. The van der Waals surface area contributed by atoms with E-state index in [0.29, 0.717) is 42.1 Å². The van der Waals surface area contributed by atoms with Crippen LogP contribution in [0.2, 0.25) is 0 Å². The van der Waals surface area contributed by atoms with Gasteiger partial charge in [-0.05, 0) is 47.9 Å². The SMILES string of the molecule is COc1ccc(/C([O-])=C2\C(=O)C(=O)N(CCC[NH+]3CCOCC3)C2c2ccc([N+](=O)[O-])cc2)c(C)c1. The highest BCUT2D eigenvalue weighted by Gasteiger charge is 2.44. The Labute approximate surface area is 208 Å². The van der Waals surface area contributed by atoms with E-state index in [2.05, 4.69) is 0 Å². The summed E-state index contributed by atoms with van der Waals surface area (Å²) in [6.45, 7) is 5.97. The lowest BCUT2D eigenvalue weighted by Gasteiger charge is -2.29. The average molecular weight is 496 g/mol. The molecule has 1 N–H and O–H groups in total. The largest absolute Gasteiger partial charge is 0.872 e. The van der Waals surface area contributed by atoms with Gasteiger partial charge in [0.2, 0.25) is 5.78 Å². The molecule has 0 radical (unpaired) electrons. The molecule has 2 aromatic rings. The molecule has 2 aliphatic rings. The smallest absolute Gasteiger partial charge is 0.295 e. The van der Waals surface area contributed by atoms with Crippen molar-refractivity contribution < 1.29 is 34.0 Å². The van der Waals surface area contributed by atoms with Gasteiger partial charge in [0.25, 0.3) is 11.6 Å². The van der Waals surface area contributed by atoms with Crippen LogP contribution < -0.4 is 14.7 Å². The van der Waals surface area contributed by atoms with Crippen LogP contribution in [0.4, 0.5) is 5.69 Å². The number of aryl methyl sites for hydroxylation is 1. The van der Waals surface area contributed by atoms with E-state index >= 15 is 0 Å². The number of quaternary nitrogens is 1. The molecule has 2 aliphatic heterocycles. The number of morpholine rings is 1. The lowest BCUT2D eigenvalue weighted by Crippen LogP contribution is -3.14. The van der Waals surface area contributed by atoms with Crippen LogP contribution in [0.15, 0.2) is 48.0 Å². The number of rotatable bonds is 8. The van der Waals surface area contributed by atoms with Crippen LogP contribution in [0.3, 0.4) is 0 Å². The number of Topliss-reactive ketones (excluding diaryl/α,β-unsaturated/α-hetero) is 1. The van der Waals surface area contributed by atoms with Crippen molar-refractivity contribution in [1.82, 2.24) is 4.90 Å². The highest BCUT2D eigenvalue weighted by molar-refractivity contribution is 6.46. The number of carbonyl (C=O) groups is 2. The number of nitro groups is 1. The number of ketones is 1. The Morgan fingerprint density at radius 3 is 2.47 bits per heavy atom. The number of ether oxygens (including phenoxy) is 2. The topological polar surface area (TPSA) is 126 Å². The zero-order valence-electron chi connectivity index (χ0n) is 20.3. The van der Waals surface area contributed by atoms with Crippen molar-refractivity contribution in [3.63, 3.8) is 0 Å². The molecule has 2 heterocycles. The number of benzene rings is 2. The molecule has 2 aromatic carbocycles. The van der Waals surface area contributed by atoms with E-state index in [1.54, 1.807) is 25.1 Å². The fourth-order valence-electron chi connectivity index (χ4n) is 4.80. The van der Waals surface area contributed by atoms with Crippen molar-refractivity contribution in [1.29, 1.82) is 0 Å². The van der Waals surface area contributed by atoms with Gasteiger partial charge in [-0.2, -0.15) is 0 Å². The summed E-state index contributed by atoms with van der Waals surface area (Å²) < 4.78 is 10.6. The number of likely N-dealkylation sites (tertiary alicyclic amines) is 1. The third-order valence-corrected chi connectivity index (χ3v) is 6.76. The second-order valence-corrected chi connectivity index (χ2v) is 8.97. The lowest BCUT2D eigenvalue weighted by atomic mass is 9.93. The van der Waals surface area contributed by atoms with Gasteiger partial charge >= 0.3 is 0 Å². The Morgan fingerprint density at radius 1 is 1.17 bits per heavy atom. The molecular weight excluding hydrogens is 466 g/mol. The molecule has 10 heteroatoms. The molecule has 1 unspecified atom stereocenters. The Balaban J connectivity index is 1.71. The van der Waals surface area contributed by atoms with Crippen LogP contribution in [0.25, 0.3) is 5.76 Å². The number of non-ortho nitro benzene ring substituents is 1. The van der Waals surface area contributed by atoms with E-state index in [-0.39, 0.29) is 17.8 Å². The molecule has 190 valence electrons. The third kappa shape index (κ3) is 5.09. The zero-order valence-corrected chi connectivity index (χ0v) is 20.3. The van der Waals surface area contributed by atoms with Crippen molar-refractivity contribution in [2.24, 2.45) is 0 Å². The minimum atomic E-state index is -0.917. The van der Waals surface area contributed by atoms with Gasteiger partial charge in [-0.25, -0.2) is 0 Å². The maximum Gasteiger partial charge on any atom is 0.295 e. The molecule has 0 aromatic heterocycles. The van der Waals surface area contributed by atoms with Crippen molar-refractivity contribution in [3.05, 3.63) is 74.8 Å². The van der Waals surface area contributed by atoms with E-state index < -0.39 is 28.4 Å². The second kappa shape index (κ2) is 10.9. The summed E-state index contributed by atoms with van der Waals surface area (Å²) in [6, 6.07) is 9.63. The number of nitrogens with one attached hydrogen (secondary N) is 1. The van der Waals surface area contributed by atoms with E-state index in [9.17, 15) is 24.8 Å². The molecule has 0 saturated carbocycles. The number of hydrogen-bond donors (Lipinski definition) is 1. The quantitative estimate of drug-likeness (QED) is 0.185. The fourth-order valence-corrected chi connectivity index (χ4v) is 4.80. The molecule has 2 saturated heterocycles. The molecule has 4 rings (SSSR count). The first kappa shape index (κ1) is 25.3. The number of methoxy groups -OCH3 is 1. The Hall–Kier alpha value is -3.76. The number of carbonyl (C=O) groups excluding carboxylic acids is 2. The van der Waals surface area contributed by atoms with Gasteiger partial charge in [-0.3, -0.25) is 19.7 Å². The van der Waals surface area contributed by atoms with Crippen molar-refractivity contribution in [2.45, 2.75) is 19.4 Å². The zero-order chi connectivity index (χ0) is 25.8. The highest BCUT2D eigenvalue weighted by atomic mass is 16.6. The average Bonchev–Trinajstić information content (AvgIpc) is 3.14. The number of nitrogens with zero attached hydrogens (tertiary/aromatic N) is 2. The monoisotopic (exact) mass is 495 g/mol. The van der Waals surface area contributed by atoms with E-state index in [1.165, 1.54) is 41.2 Å². The Kier molecular flexibility index (Phi) is 7.66. The third-order valence-electron chi connectivity index (χ3n) is 6.76. The predicted octanol–water partition coefficient (Wildman–Crippen LogP) is 0.441. The fraction of sp³-hybridized carbons (Fsp3) is 0.385. The van der Waals surface area contributed by atoms with Crippen molar-refractivity contribution >= 4 is 23.1 Å². The molecule has 10 nitrogen and oxygen atoms in total. The normalized spacial score (nSPS) is 20.1. The maximum absolute atomic E-state index is 13.6. The predicted molar refractivity (Wildman–Crippen MR) is 128 cm³/mol. The first-order chi connectivity index (χ1) is 17.3. The van der Waals surface area contributed by atoms with Crippen LogP contribution in [0.5, 0.6) is 5.75 Å². The molecule has 1 atom stereocenters. The van der Waals surface area contributed by atoms with Gasteiger partial charge in [0, 0.05) is 30.7 Å². The molecule has 36 heavy (non-hydrogen) atoms. The van der Waals surface area contributed by atoms with Gasteiger partial charge in [0.1, 0.15) is 18.8 Å². The summed E-state index contributed by atoms with van der Waals surface area (Å²) >= 11 is 0.